The number of anilines is 1. The molecule has 0 aliphatic rings. The van der Waals surface area contributed by atoms with E-state index in [2.05, 4.69) is 11.4 Å². The van der Waals surface area contributed by atoms with E-state index in [0.29, 0.717) is 23.7 Å². The van der Waals surface area contributed by atoms with E-state index in [1.54, 1.807) is 36.0 Å². The van der Waals surface area contributed by atoms with Crippen LogP contribution in [-0.2, 0) is 16.1 Å². The van der Waals surface area contributed by atoms with Gasteiger partial charge in [0.1, 0.15) is 29.0 Å². The number of phenolic OH excluding ortho intramolecular Hbond substituents is 1. The van der Waals surface area contributed by atoms with Crippen LogP contribution >= 0.6 is 0 Å². The molecule has 2 N–H and O–H groups in total. The van der Waals surface area contributed by atoms with Crippen LogP contribution in [0.2, 0.25) is 0 Å². The zero-order valence-corrected chi connectivity index (χ0v) is 18.1. The quantitative estimate of drug-likeness (QED) is 0.430. The maximum atomic E-state index is 12.6. The van der Waals surface area contributed by atoms with Crippen LogP contribution in [0.25, 0.3) is 10.8 Å². The molecule has 2 aromatic carbocycles. The summed E-state index contributed by atoms with van der Waals surface area (Å²) < 4.78 is 12.3. The molecule has 2 aromatic heterocycles. The van der Waals surface area contributed by atoms with Gasteiger partial charge in [-0.05, 0) is 54.4 Å². The van der Waals surface area contributed by atoms with Crippen LogP contribution in [0.1, 0.15) is 32.9 Å². The molecule has 4 aromatic rings. The molecule has 0 unspecified atom stereocenters. The largest absolute Gasteiger partial charge is 0.507 e. The molecule has 0 aliphatic heterocycles. The fourth-order valence-corrected chi connectivity index (χ4v) is 3.66. The lowest BCUT2D eigenvalue weighted by Gasteiger charge is -2.12. The lowest BCUT2D eigenvalue weighted by Crippen LogP contribution is -2.23. The predicted octanol–water partition coefficient (Wildman–Crippen LogP) is 4.27. The number of nitriles is 1. The molecule has 2 heterocycles. The van der Waals surface area contributed by atoms with Gasteiger partial charge in [0.2, 0.25) is 0 Å². The Bertz CT molecular complexity index is 1390. The van der Waals surface area contributed by atoms with Crippen LogP contribution in [0.3, 0.4) is 0 Å². The molecule has 0 spiro atoms. The minimum Gasteiger partial charge on any atom is -0.507 e. The number of aromatic nitrogens is 1. The van der Waals surface area contributed by atoms with E-state index in [0.717, 1.165) is 22.0 Å². The van der Waals surface area contributed by atoms with Gasteiger partial charge in [0.25, 0.3) is 5.91 Å². The van der Waals surface area contributed by atoms with Gasteiger partial charge in [-0.1, -0.05) is 24.3 Å². The molecule has 0 fully saturated rings. The van der Waals surface area contributed by atoms with Crippen LogP contribution in [-0.4, -0.2) is 28.2 Å². The standard InChI is InChI=1S/C25H21N3O5/c1-15-16(2)28(13-19-8-5-9-32-19)24(21(15)12-26)27-23(30)14-33-25(31)20-10-17-6-3-4-7-18(17)11-22(20)29/h3-11,29H,13-14H2,1-2H3,(H,27,30). The molecule has 166 valence electrons. The van der Waals surface area contributed by atoms with E-state index in [-0.39, 0.29) is 11.3 Å². The smallest absolute Gasteiger partial charge is 0.342 e. The Morgan fingerprint density at radius 3 is 2.55 bits per heavy atom. The van der Waals surface area contributed by atoms with Crippen LogP contribution in [0, 0.1) is 25.2 Å². The highest BCUT2D eigenvalue weighted by atomic mass is 16.5. The Morgan fingerprint density at radius 2 is 1.88 bits per heavy atom. The number of ether oxygens (including phenoxy) is 1. The van der Waals surface area contributed by atoms with E-state index in [4.69, 9.17) is 9.15 Å². The van der Waals surface area contributed by atoms with Crippen molar-refractivity contribution in [2.45, 2.75) is 20.4 Å². The first-order valence-corrected chi connectivity index (χ1v) is 10.2. The van der Waals surface area contributed by atoms with E-state index in [1.807, 2.05) is 25.1 Å². The van der Waals surface area contributed by atoms with Crippen molar-refractivity contribution in [1.82, 2.24) is 4.57 Å². The third kappa shape index (κ3) is 4.29. The number of amides is 1. The summed E-state index contributed by atoms with van der Waals surface area (Å²) in [5.74, 6) is -0.709. The fraction of sp³-hybridized carbons (Fsp3) is 0.160. The summed E-state index contributed by atoms with van der Waals surface area (Å²) >= 11 is 0. The number of benzene rings is 2. The van der Waals surface area contributed by atoms with Crippen LogP contribution in [0.15, 0.2) is 59.2 Å². The van der Waals surface area contributed by atoms with Gasteiger partial charge >= 0.3 is 5.97 Å². The Balaban J connectivity index is 1.50. The number of furan rings is 1. The highest BCUT2D eigenvalue weighted by Gasteiger charge is 2.21. The zero-order chi connectivity index (χ0) is 23.5. The van der Waals surface area contributed by atoms with Crippen LogP contribution < -0.4 is 5.32 Å². The van der Waals surface area contributed by atoms with Gasteiger partial charge in [0, 0.05) is 5.69 Å². The maximum absolute atomic E-state index is 12.6. The predicted molar refractivity (Wildman–Crippen MR) is 121 cm³/mol. The summed E-state index contributed by atoms with van der Waals surface area (Å²) in [6, 6.07) is 15.9. The molecule has 0 saturated carbocycles. The summed E-state index contributed by atoms with van der Waals surface area (Å²) in [5, 5.41) is 24.0. The maximum Gasteiger partial charge on any atom is 0.342 e. The molecule has 1 amide bonds. The Labute approximate surface area is 189 Å². The molecule has 33 heavy (non-hydrogen) atoms. The summed E-state index contributed by atoms with van der Waals surface area (Å²) in [5.41, 5.74) is 1.83. The van der Waals surface area contributed by atoms with Gasteiger partial charge in [-0.2, -0.15) is 5.26 Å². The summed E-state index contributed by atoms with van der Waals surface area (Å²) in [7, 11) is 0. The first-order chi connectivity index (χ1) is 15.9. The van der Waals surface area contributed by atoms with E-state index in [9.17, 15) is 20.0 Å². The topological polar surface area (TPSA) is 117 Å². The molecule has 0 aliphatic carbocycles. The van der Waals surface area contributed by atoms with E-state index in [1.165, 1.54) is 12.1 Å². The molecule has 4 rings (SSSR count). The normalized spacial score (nSPS) is 10.7. The third-order valence-electron chi connectivity index (χ3n) is 5.51. The van der Waals surface area contributed by atoms with Crippen molar-refractivity contribution in [3.63, 3.8) is 0 Å². The number of carbonyl (C=O) groups excluding carboxylic acids is 2. The second-order valence-corrected chi connectivity index (χ2v) is 7.55. The molecule has 8 heteroatoms. The van der Waals surface area contributed by atoms with Crippen molar-refractivity contribution in [3.8, 4) is 11.8 Å². The number of hydrogen-bond acceptors (Lipinski definition) is 6. The van der Waals surface area contributed by atoms with Gasteiger partial charge in [-0.3, -0.25) is 4.79 Å². The number of rotatable bonds is 6. The minimum absolute atomic E-state index is 0.0351. The van der Waals surface area contributed by atoms with E-state index < -0.39 is 18.5 Å². The Kier molecular flexibility index (Phi) is 5.87. The highest BCUT2D eigenvalue weighted by Crippen LogP contribution is 2.28. The van der Waals surface area contributed by atoms with Crippen LogP contribution in [0.5, 0.6) is 5.75 Å². The summed E-state index contributed by atoms with van der Waals surface area (Å²) in [6.07, 6.45) is 1.55. The molecular weight excluding hydrogens is 422 g/mol. The van der Waals surface area contributed by atoms with Gasteiger partial charge < -0.3 is 24.1 Å². The molecule has 0 saturated heterocycles. The van der Waals surface area contributed by atoms with Crippen molar-refractivity contribution in [2.75, 3.05) is 11.9 Å². The third-order valence-corrected chi connectivity index (χ3v) is 5.51. The van der Waals surface area contributed by atoms with Crippen molar-refractivity contribution >= 4 is 28.5 Å². The van der Waals surface area contributed by atoms with Gasteiger partial charge in [-0.15, -0.1) is 0 Å². The second kappa shape index (κ2) is 8.93. The lowest BCUT2D eigenvalue weighted by atomic mass is 10.1. The van der Waals surface area contributed by atoms with Crippen molar-refractivity contribution in [1.29, 1.82) is 5.26 Å². The van der Waals surface area contributed by atoms with Crippen molar-refractivity contribution in [2.24, 2.45) is 0 Å². The van der Waals surface area contributed by atoms with Crippen molar-refractivity contribution < 1.29 is 23.8 Å². The van der Waals surface area contributed by atoms with Gasteiger partial charge in [-0.25, -0.2) is 4.79 Å². The second-order valence-electron chi connectivity index (χ2n) is 7.55. The molecular formula is C25H21N3O5. The van der Waals surface area contributed by atoms with Gasteiger partial charge in [0.15, 0.2) is 6.61 Å². The number of phenols is 1. The van der Waals surface area contributed by atoms with Gasteiger partial charge in [0.05, 0.1) is 18.4 Å². The molecule has 0 atom stereocenters. The summed E-state index contributed by atoms with van der Waals surface area (Å²) in [4.78, 5) is 25.1. The van der Waals surface area contributed by atoms with Crippen LogP contribution in [0.4, 0.5) is 5.82 Å². The lowest BCUT2D eigenvalue weighted by molar-refractivity contribution is -0.119. The average molecular weight is 443 g/mol. The van der Waals surface area contributed by atoms with E-state index >= 15 is 0 Å². The molecule has 0 radical (unpaired) electrons. The van der Waals surface area contributed by atoms with Crippen molar-refractivity contribution in [3.05, 3.63) is 82.9 Å². The average Bonchev–Trinajstić information content (AvgIpc) is 3.40. The monoisotopic (exact) mass is 443 g/mol. The minimum atomic E-state index is -0.827. The number of carbonyl (C=O) groups is 2. The SMILES string of the molecule is Cc1c(C#N)c(NC(=O)COC(=O)c2cc3ccccc3cc2O)n(Cc2ccco2)c1C. The summed E-state index contributed by atoms with van der Waals surface area (Å²) in [6.45, 7) is 3.38. The number of esters is 1. The highest BCUT2D eigenvalue weighted by molar-refractivity contribution is 6.00. The Morgan fingerprint density at radius 1 is 1.15 bits per heavy atom. The Hall–Kier alpha value is -4.51. The number of fused-ring (bicyclic) bond motifs is 1. The first-order valence-electron chi connectivity index (χ1n) is 10.2. The number of hydrogen-bond donors (Lipinski definition) is 2. The zero-order valence-electron chi connectivity index (χ0n) is 18.1. The number of aromatic hydroxyl groups is 1. The molecule has 0 bridgehead atoms. The fourth-order valence-electron chi connectivity index (χ4n) is 3.66. The first kappa shape index (κ1) is 21.7. The number of nitrogens with one attached hydrogen (secondary N) is 1. The molecule has 8 nitrogen and oxygen atoms in total. The number of nitrogens with zero attached hydrogens (tertiary/aromatic N) is 2.